The molecule has 1 aliphatic rings. The molecule has 0 unspecified atom stereocenters. The maximum absolute atomic E-state index is 13.4. The summed E-state index contributed by atoms with van der Waals surface area (Å²) >= 11 is 0. The zero-order valence-electron chi connectivity index (χ0n) is 26.0. The molecule has 0 spiro atoms. The van der Waals surface area contributed by atoms with Crippen molar-refractivity contribution in [1.29, 1.82) is 0 Å². The van der Waals surface area contributed by atoms with Gasteiger partial charge in [0.05, 0.1) is 12.8 Å². The summed E-state index contributed by atoms with van der Waals surface area (Å²) in [7, 11) is 1.12. The Bertz CT molecular complexity index is 1280. The van der Waals surface area contributed by atoms with Crippen molar-refractivity contribution in [3.05, 3.63) is 65.7 Å². The number of carbonyl (C=O) groups is 5. The number of rotatable bonds is 11. The maximum Gasteiger partial charge on any atom is 0.410 e. The highest BCUT2D eigenvalue weighted by atomic mass is 16.6. The molecule has 1 aliphatic heterocycles. The Morgan fingerprint density at radius 3 is 2.27 bits per heavy atom. The molecule has 44 heavy (non-hydrogen) atoms. The molecule has 3 rings (SSSR count). The van der Waals surface area contributed by atoms with Gasteiger partial charge in [0.2, 0.25) is 0 Å². The molecule has 0 bridgehead atoms. The average Bonchev–Trinajstić information content (AvgIpc) is 3.02. The number of amides is 3. The third-order valence-electron chi connectivity index (χ3n) is 7.19. The number of nitrogens with zero attached hydrogens (tertiary/aromatic N) is 2. The highest BCUT2D eigenvalue weighted by Crippen LogP contribution is 2.27. The number of hydrogen-bond donors (Lipinski definition) is 1. The van der Waals surface area contributed by atoms with Gasteiger partial charge in [-0.25, -0.2) is 14.4 Å². The van der Waals surface area contributed by atoms with Gasteiger partial charge in [-0.15, -0.1) is 0 Å². The summed E-state index contributed by atoms with van der Waals surface area (Å²) in [5.74, 6) is -1.85. The number of benzene rings is 2. The fraction of sp³-hybridized carbons (Fsp3) is 0.485. The second-order valence-electron chi connectivity index (χ2n) is 11.7. The number of esters is 1. The molecular formula is C33H43N3O8. The number of piperidine rings is 1. The van der Waals surface area contributed by atoms with Crippen molar-refractivity contribution in [3.63, 3.8) is 0 Å². The third-order valence-corrected chi connectivity index (χ3v) is 7.19. The topological polar surface area (TPSA) is 132 Å². The molecule has 0 radical (unpaired) electrons. The molecule has 0 aromatic heterocycles. The van der Waals surface area contributed by atoms with Crippen LogP contribution in [0.15, 0.2) is 54.6 Å². The highest BCUT2D eigenvalue weighted by molar-refractivity contribution is 6.38. The van der Waals surface area contributed by atoms with Gasteiger partial charge in [-0.2, -0.15) is 0 Å². The molecule has 0 saturated carbocycles. The van der Waals surface area contributed by atoms with Crippen molar-refractivity contribution in [2.75, 3.05) is 38.2 Å². The van der Waals surface area contributed by atoms with Gasteiger partial charge >= 0.3 is 24.1 Å². The second kappa shape index (κ2) is 16.4. The van der Waals surface area contributed by atoms with Crippen molar-refractivity contribution < 1.29 is 38.2 Å². The molecule has 238 valence electrons. The van der Waals surface area contributed by atoms with Crippen molar-refractivity contribution in [2.45, 2.75) is 65.1 Å². The first kappa shape index (κ1) is 34.1. The van der Waals surface area contributed by atoms with Crippen LogP contribution in [0.3, 0.4) is 0 Å². The molecular weight excluding hydrogens is 566 g/mol. The van der Waals surface area contributed by atoms with E-state index in [2.05, 4.69) is 10.1 Å². The Morgan fingerprint density at radius 1 is 0.955 bits per heavy atom. The lowest BCUT2D eigenvalue weighted by Gasteiger charge is -2.33. The Morgan fingerprint density at radius 2 is 1.61 bits per heavy atom. The second-order valence-corrected chi connectivity index (χ2v) is 11.7. The van der Waals surface area contributed by atoms with Crippen molar-refractivity contribution in [3.8, 4) is 0 Å². The molecule has 2 aromatic carbocycles. The van der Waals surface area contributed by atoms with Crippen molar-refractivity contribution in [1.82, 2.24) is 10.2 Å². The van der Waals surface area contributed by atoms with E-state index in [4.69, 9.17) is 9.47 Å². The summed E-state index contributed by atoms with van der Waals surface area (Å²) in [5.41, 5.74) is 0.928. The molecule has 0 atom stereocenters. The smallest absolute Gasteiger partial charge is 0.410 e. The first-order valence-electron chi connectivity index (χ1n) is 14.9. The number of anilines is 1. The van der Waals surface area contributed by atoms with E-state index in [1.54, 1.807) is 29.2 Å². The molecule has 11 nitrogen and oxygen atoms in total. The molecule has 0 aliphatic carbocycles. The molecule has 11 heteroatoms. The van der Waals surface area contributed by atoms with Gasteiger partial charge in [-0.1, -0.05) is 42.5 Å². The predicted molar refractivity (Wildman–Crippen MR) is 164 cm³/mol. The lowest BCUT2D eigenvalue weighted by molar-refractivity contribution is -0.151. The van der Waals surface area contributed by atoms with E-state index >= 15 is 0 Å². The van der Waals surface area contributed by atoms with E-state index in [9.17, 15) is 24.0 Å². The van der Waals surface area contributed by atoms with Crippen LogP contribution in [0.4, 0.5) is 15.3 Å². The number of ether oxygens (including phenoxy) is 3. The van der Waals surface area contributed by atoms with Gasteiger partial charge in [0.25, 0.3) is 0 Å². The van der Waals surface area contributed by atoms with Crippen LogP contribution in [0.25, 0.3) is 0 Å². The number of hydrogen-bond acceptors (Lipinski definition) is 8. The Balaban J connectivity index is 1.56. The Hall–Kier alpha value is -4.41. The molecule has 1 N–H and O–H groups in total. The number of methoxy groups -OCH3 is 1. The summed E-state index contributed by atoms with van der Waals surface area (Å²) in [6.07, 6.45) is 1.78. The number of alkyl carbamates (subject to hydrolysis) is 1. The minimum atomic E-state index is -1.06. The molecule has 2 aromatic rings. The first-order chi connectivity index (χ1) is 21.0. The zero-order valence-corrected chi connectivity index (χ0v) is 26.0. The summed E-state index contributed by atoms with van der Waals surface area (Å²) in [4.78, 5) is 66.0. The van der Waals surface area contributed by atoms with E-state index in [0.717, 1.165) is 25.5 Å². The number of Topliss-reactive ketones (excluding diaryl/α,β-unsaturated/α-hetero) is 1. The monoisotopic (exact) mass is 609 g/mol. The van der Waals surface area contributed by atoms with Crippen LogP contribution in [0.1, 0.15) is 68.8 Å². The highest BCUT2D eigenvalue weighted by Gasteiger charge is 2.29. The first-order valence-corrected chi connectivity index (χ1v) is 14.9. The van der Waals surface area contributed by atoms with Crippen LogP contribution in [0.2, 0.25) is 0 Å². The van der Waals surface area contributed by atoms with E-state index in [-0.39, 0.29) is 43.9 Å². The number of likely N-dealkylation sites (tertiary alicyclic amines) is 1. The van der Waals surface area contributed by atoms with E-state index < -0.39 is 23.6 Å². The van der Waals surface area contributed by atoms with Gasteiger partial charge in [-0.05, 0) is 70.1 Å². The Labute approximate surface area is 258 Å². The molecule has 1 fully saturated rings. The van der Waals surface area contributed by atoms with Gasteiger partial charge in [-0.3, -0.25) is 9.59 Å². The van der Waals surface area contributed by atoms with Crippen LogP contribution in [0.5, 0.6) is 0 Å². The number of carbonyl (C=O) groups excluding carboxylic acids is 5. The van der Waals surface area contributed by atoms with Crippen LogP contribution in [-0.4, -0.2) is 73.6 Å². The number of ketones is 1. The van der Waals surface area contributed by atoms with E-state index in [1.165, 1.54) is 4.90 Å². The fourth-order valence-electron chi connectivity index (χ4n) is 4.88. The van der Waals surface area contributed by atoms with Gasteiger partial charge in [0.15, 0.2) is 5.78 Å². The lowest BCUT2D eigenvalue weighted by atomic mass is 9.90. The standard InChI is InChI=1S/C33H43N3O8/c1-33(2,3)44-32(41)35-21-17-24(18-22-35)15-16-28(37)26-13-8-9-14-27(26)36(29(38)30(39)42-4)20-10-19-34-31(40)43-23-25-11-6-5-7-12-25/h5-9,11-14,24H,10,15-23H2,1-4H3,(H,34,40). The minimum Gasteiger partial charge on any atom is -0.462 e. The fourth-order valence-corrected chi connectivity index (χ4v) is 4.88. The Kier molecular flexibility index (Phi) is 12.7. The minimum absolute atomic E-state index is 0.0559. The third kappa shape index (κ3) is 10.7. The van der Waals surface area contributed by atoms with Gasteiger partial charge in [0, 0.05) is 38.2 Å². The van der Waals surface area contributed by atoms with Gasteiger partial charge in [0.1, 0.15) is 12.2 Å². The van der Waals surface area contributed by atoms with Crippen molar-refractivity contribution in [2.24, 2.45) is 5.92 Å². The summed E-state index contributed by atoms with van der Waals surface area (Å²) in [6, 6.07) is 15.9. The van der Waals surface area contributed by atoms with Crippen LogP contribution in [0, 0.1) is 5.92 Å². The molecule has 1 heterocycles. The molecule has 3 amide bonds. The lowest BCUT2D eigenvalue weighted by Crippen LogP contribution is -2.41. The SMILES string of the molecule is COC(=O)C(=O)N(CCCNC(=O)OCc1ccccc1)c1ccccc1C(=O)CCC1CCN(C(=O)OC(C)(C)C)CC1. The van der Waals surface area contributed by atoms with E-state index in [0.29, 0.717) is 37.2 Å². The van der Waals surface area contributed by atoms with Crippen LogP contribution in [-0.2, 0) is 30.4 Å². The van der Waals surface area contributed by atoms with Crippen LogP contribution >= 0.6 is 0 Å². The quantitative estimate of drug-likeness (QED) is 0.122. The summed E-state index contributed by atoms with van der Waals surface area (Å²) in [6.45, 7) is 7.00. The summed E-state index contributed by atoms with van der Waals surface area (Å²) < 4.78 is 15.3. The average molecular weight is 610 g/mol. The zero-order chi connectivity index (χ0) is 32.1. The largest absolute Gasteiger partial charge is 0.462 e. The maximum atomic E-state index is 13.4. The number of para-hydroxylation sites is 1. The molecule has 1 saturated heterocycles. The van der Waals surface area contributed by atoms with Gasteiger partial charge < -0.3 is 29.3 Å². The van der Waals surface area contributed by atoms with E-state index in [1.807, 2.05) is 51.1 Å². The van der Waals surface area contributed by atoms with Crippen LogP contribution < -0.4 is 10.2 Å². The predicted octanol–water partition coefficient (Wildman–Crippen LogP) is 5.12. The normalized spacial score (nSPS) is 13.5. The summed E-state index contributed by atoms with van der Waals surface area (Å²) in [5, 5.41) is 2.64. The van der Waals surface area contributed by atoms with Crippen molar-refractivity contribution >= 4 is 35.5 Å². The number of nitrogens with one attached hydrogen (secondary N) is 1.